The SMILES string of the molecule is Cc1cccc2c1C(=O)OC2(C)C. The second-order valence-electron chi connectivity index (χ2n) is 3.90. The highest BCUT2D eigenvalue weighted by molar-refractivity contribution is 5.96. The van der Waals surface area contributed by atoms with Crippen molar-refractivity contribution in [2.75, 3.05) is 0 Å². The highest BCUT2D eigenvalue weighted by Gasteiger charge is 2.38. The van der Waals surface area contributed by atoms with Gasteiger partial charge in [0.2, 0.25) is 0 Å². The Bertz CT molecular complexity index is 378. The molecule has 0 aromatic heterocycles. The Morgan fingerprint density at radius 3 is 2.62 bits per heavy atom. The van der Waals surface area contributed by atoms with Gasteiger partial charge in [-0.1, -0.05) is 18.2 Å². The number of fused-ring (bicyclic) bond motifs is 1. The first-order valence-electron chi connectivity index (χ1n) is 4.36. The second kappa shape index (κ2) is 2.34. The van der Waals surface area contributed by atoms with Gasteiger partial charge in [0.25, 0.3) is 0 Å². The minimum atomic E-state index is -0.460. The van der Waals surface area contributed by atoms with Crippen LogP contribution in [0.4, 0.5) is 0 Å². The molecular weight excluding hydrogens is 164 g/mol. The summed E-state index contributed by atoms with van der Waals surface area (Å²) in [5, 5.41) is 0. The standard InChI is InChI=1S/C11H12O2/c1-7-5-4-6-8-9(7)10(12)13-11(8,2)3/h4-6H,1-3H3. The largest absolute Gasteiger partial charge is 0.451 e. The summed E-state index contributed by atoms with van der Waals surface area (Å²) in [6, 6.07) is 5.84. The van der Waals surface area contributed by atoms with Gasteiger partial charge in [-0.25, -0.2) is 4.79 Å². The number of hydrogen-bond donors (Lipinski definition) is 0. The molecule has 0 amide bonds. The van der Waals surface area contributed by atoms with E-state index in [1.54, 1.807) is 0 Å². The fraction of sp³-hybridized carbons (Fsp3) is 0.364. The maximum absolute atomic E-state index is 11.5. The summed E-state index contributed by atoms with van der Waals surface area (Å²) >= 11 is 0. The van der Waals surface area contributed by atoms with Crippen LogP contribution in [0.15, 0.2) is 18.2 Å². The van der Waals surface area contributed by atoms with Crippen molar-refractivity contribution in [3.8, 4) is 0 Å². The monoisotopic (exact) mass is 176 g/mol. The molecule has 1 aliphatic heterocycles. The van der Waals surface area contributed by atoms with E-state index >= 15 is 0 Å². The van der Waals surface area contributed by atoms with Crippen molar-refractivity contribution >= 4 is 5.97 Å². The van der Waals surface area contributed by atoms with E-state index in [1.807, 2.05) is 39.0 Å². The number of carbonyl (C=O) groups excluding carboxylic acids is 1. The normalized spacial score (nSPS) is 18.2. The van der Waals surface area contributed by atoms with Crippen molar-refractivity contribution in [3.05, 3.63) is 34.9 Å². The molecule has 0 saturated carbocycles. The van der Waals surface area contributed by atoms with Crippen molar-refractivity contribution in [3.63, 3.8) is 0 Å². The van der Waals surface area contributed by atoms with Gasteiger partial charge in [-0.05, 0) is 26.3 Å². The van der Waals surface area contributed by atoms with Crippen molar-refractivity contribution in [2.45, 2.75) is 26.4 Å². The van der Waals surface area contributed by atoms with Gasteiger partial charge in [-0.15, -0.1) is 0 Å². The maximum Gasteiger partial charge on any atom is 0.339 e. The average molecular weight is 176 g/mol. The van der Waals surface area contributed by atoms with Gasteiger partial charge in [-0.3, -0.25) is 0 Å². The smallest absolute Gasteiger partial charge is 0.339 e. The molecule has 0 spiro atoms. The Balaban J connectivity index is 2.72. The van der Waals surface area contributed by atoms with Gasteiger partial charge in [0.1, 0.15) is 5.60 Å². The third-order valence-electron chi connectivity index (χ3n) is 2.47. The summed E-state index contributed by atoms with van der Waals surface area (Å²) in [6.07, 6.45) is 0. The lowest BCUT2D eigenvalue weighted by Gasteiger charge is -2.17. The molecule has 68 valence electrons. The lowest BCUT2D eigenvalue weighted by atomic mass is 9.94. The summed E-state index contributed by atoms with van der Waals surface area (Å²) < 4.78 is 5.26. The van der Waals surface area contributed by atoms with Gasteiger partial charge in [0.15, 0.2) is 0 Å². The number of esters is 1. The molecule has 1 aromatic carbocycles. The fourth-order valence-corrected chi connectivity index (χ4v) is 1.78. The van der Waals surface area contributed by atoms with Crippen molar-refractivity contribution < 1.29 is 9.53 Å². The van der Waals surface area contributed by atoms with E-state index in [2.05, 4.69) is 0 Å². The van der Waals surface area contributed by atoms with Gasteiger partial charge < -0.3 is 4.74 Å². The quantitative estimate of drug-likeness (QED) is 0.567. The Morgan fingerprint density at radius 2 is 2.00 bits per heavy atom. The summed E-state index contributed by atoms with van der Waals surface area (Å²) in [5.74, 6) is -0.196. The summed E-state index contributed by atoms with van der Waals surface area (Å²) in [6.45, 7) is 5.76. The van der Waals surface area contributed by atoms with Crippen LogP contribution in [-0.2, 0) is 10.3 Å². The molecule has 0 aliphatic carbocycles. The third kappa shape index (κ3) is 1.05. The molecule has 0 unspecified atom stereocenters. The van der Waals surface area contributed by atoms with Crippen LogP contribution in [0, 0.1) is 6.92 Å². The highest BCUT2D eigenvalue weighted by Crippen LogP contribution is 2.36. The zero-order valence-electron chi connectivity index (χ0n) is 8.05. The van der Waals surface area contributed by atoms with Gasteiger partial charge >= 0.3 is 5.97 Å². The van der Waals surface area contributed by atoms with Crippen LogP contribution in [0.5, 0.6) is 0 Å². The molecule has 1 aliphatic rings. The third-order valence-corrected chi connectivity index (χ3v) is 2.47. The van der Waals surface area contributed by atoms with E-state index in [0.29, 0.717) is 0 Å². The zero-order chi connectivity index (χ0) is 9.64. The van der Waals surface area contributed by atoms with E-state index in [1.165, 1.54) is 0 Å². The molecule has 0 saturated heterocycles. The van der Waals surface area contributed by atoms with Crippen LogP contribution in [0.25, 0.3) is 0 Å². The van der Waals surface area contributed by atoms with E-state index in [0.717, 1.165) is 16.7 Å². The molecule has 0 atom stereocenters. The molecule has 2 nitrogen and oxygen atoms in total. The molecule has 0 fully saturated rings. The summed E-state index contributed by atoms with van der Waals surface area (Å²) in [4.78, 5) is 11.5. The number of hydrogen-bond acceptors (Lipinski definition) is 2. The molecule has 1 aromatic rings. The fourth-order valence-electron chi connectivity index (χ4n) is 1.78. The number of carbonyl (C=O) groups is 1. The Labute approximate surface area is 77.5 Å². The van der Waals surface area contributed by atoms with Crippen molar-refractivity contribution in [2.24, 2.45) is 0 Å². The van der Waals surface area contributed by atoms with Crippen LogP contribution >= 0.6 is 0 Å². The van der Waals surface area contributed by atoms with E-state index < -0.39 is 5.60 Å². The number of ether oxygens (including phenoxy) is 1. The molecule has 2 rings (SSSR count). The zero-order valence-corrected chi connectivity index (χ0v) is 8.05. The first-order chi connectivity index (χ1) is 6.02. The number of rotatable bonds is 0. The molecule has 13 heavy (non-hydrogen) atoms. The van der Waals surface area contributed by atoms with Crippen LogP contribution in [0.2, 0.25) is 0 Å². The van der Waals surface area contributed by atoms with Gasteiger partial charge in [-0.2, -0.15) is 0 Å². The first-order valence-corrected chi connectivity index (χ1v) is 4.36. The average Bonchev–Trinajstić information content (AvgIpc) is 2.24. The lowest BCUT2D eigenvalue weighted by molar-refractivity contribution is 0.00952. The topological polar surface area (TPSA) is 26.3 Å². The predicted molar refractivity (Wildman–Crippen MR) is 49.6 cm³/mol. The van der Waals surface area contributed by atoms with Crippen LogP contribution in [-0.4, -0.2) is 5.97 Å². The van der Waals surface area contributed by atoms with Crippen molar-refractivity contribution in [1.29, 1.82) is 0 Å². The minimum Gasteiger partial charge on any atom is -0.451 e. The predicted octanol–water partition coefficient (Wildman–Crippen LogP) is 2.40. The van der Waals surface area contributed by atoms with Crippen molar-refractivity contribution in [1.82, 2.24) is 0 Å². The number of benzene rings is 1. The summed E-state index contributed by atoms with van der Waals surface area (Å²) in [5.41, 5.74) is 2.27. The first kappa shape index (κ1) is 8.30. The molecule has 2 heteroatoms. The molecule has 0 bridgehead atoms. The second-order valence-corrected chi connectivity index (χ2v) is 3.90. The van der Waals surface area contributed by atoms with Crippen LogP contribution in [0.1, 0.15) is 35.3 Å². The minimum absolute atomic E-state index is 0.196. The molecule has 0 radical (unpaired) electrons. The maximum atomic E-state index is 11.5. The molecular formula is C11H12O2. The Hall–Kier alpha value is -1.31. The van der Waals surface area contributed by atoms with E-state index in [9.17, 15) is 4.79 Å². The Morgan fingerprint density at radius 1 is 1.31 bits per heavy atom. The number of aryl methyl sites for hydroxylation is 1. The van der Waals surface area contributed by atoms with Crippen LogP contribution in [0.3, 0.4) is 0 Å². The summed E-state index contributed by atoms with van der Waals surface area (Å²) in [7, 11) is 0. The number of cyclic esters (lactones) is 1. The van der Waals surface area contributed by atoms with Gasteiger partial charge in [0.05, 0.1) is 5.56 Å². The molecule has 1 heterocycles. The molecule has 0 N–H and O–H groups in total. The van der Waals surface area contributed by atoms with Crippen LogP contribution < -0.4 is 0 Å². The van der Waals surface area contributed by atoms with E-state index in [-0.39, 0.29) is 5.97 Å². The van der Waals surface area contributed by atoms with E-state index in [4.69, 9.17) is 4.74 Å². The highest BCUT2D eigenvalue weighted by atomic mass is 16.6. The lowest BCUT2D eigenvalue weighted by Crippen LogP contribution is -2.15. The van der Waals surface area contributed by atoms with Gasteiger partial charge in [0, 0.05) is 5.56 Å². The Kier molecular flexibility index (Phi) is 1.50.